The lowest BCUT2D eigenvalue weighted by Crippen LogP contribution is -2.41. The second kappa shape index (κ2) is 6.88. The first-order valence-corrected chi connectivity index (χ1v) is 7.64. The Morgan fingerprint density at radius 1 is 0.900 bits per heavy atom. The van der Waals surface area contributed by atoms with Crippen molar-refractivity contribution in [1.29, 1.82) is 0 Å². The lowest BCUT2D eigenvalue weighted by Gasteiger charge is -2.35. The molecular formula is C17H19Br2N. The fourth-order valence-corrected chi connectivity index (χ4v) is 3.87. The average molecular weight is 397 g/mol. The Morgan fingerprint density at radius 2 is 1.40 bits per heavy atom. The van der Waals surface area contributed by atoms with Gasteiger partial charge >= 0.3 is 0 Å². The predicted octanol–water partition coefficient (Wildman–Crippen LogP) is 4.66. The van der Waals surface area contributed by atoms with Crippen molar-refractivity contribution in [2.75, 3.05) is 6.54 Å². The van der Waals surface area contributed by atoms with E-state index in [0.29, 0.717) is 6.04 Å². The highest BCUT2D eigenvalue weighted by Gasteiger charge is 2.40. The third-order valence-electron chi connectivity index (χ3n) is 3.93. The zero-order valence-corrected chi connectivity index (χ0v) is 14.6. The molecule has 0 saturated carbocycles. The standard InChI is InChI=1S/C17H18BrN.BrH/c18-17(16-12-7-13-19-16,14-8-3-1-4-9-14)15-10-5-2-6-11-15;/h1-6,8-11,16,19H,7,12-13H2;1H/t16-;/m0./s1. The van der Waals surface area contributed by atoms with Crippen LogP contribution < -0.4 is 5.32 Å². The fourth-order valence-electron chi connectivity index (χ4n) is 2.95. The predicted molar refractivity (Wildman–Crippen MR) is 93.9 cm³/mol. The maximum absolute atomic E-state index is 4.07. The van der Waals surface area contributed by atoms with Gasteiger partial charge in [0.25, 0.3) is 0 Å². The number of hydrogen-bond donors (Lipinski definition) is 1. The molecule has 1 saturated heterocycles. The fraction of sp³-hybridized carbons (Fsp3) is 0.294. The molecule has 2 aromatic carbocycles. The van der Waals surface area contributed by atoms with Crippen LogP contribution in [0.5, 0.6) is 0 Å². The maximum Gasteiger partial charge on any atom is 0.0907 e. The number of nitrogens with one attached hydrogen (secondary N) is 1. The Morgan fingerprint density at radius 3 is 1.80 bits per heavy atom. The van der Waals surface area contributed by atoms with Gasteiger partial charge in [-0.1, -0.05) is 76.6 Å². The van der Waals surface area contributed by atoms with Crippen LogP contribution in [-0.4, -0.2) is 12.6 Å². The maximum atomic E-state index is 4.07. The molecule has 0 spiro atoms. The molecule has 106 valence electrons. The van der Waals surface area contributed by atoms with Gasteiger partial charge in [-0.25, -0.2) is 0 Å². The van der Waals surface area contributed by atoms with Crippen molar-refractivity contribution in [3.05, 3.63) is 71.8 Å². The minimum Gasteiger partial charge on any atom is -0.312 e. The first-order chi connectivity index (χ1) is 9.32. The molecule has 3 rings (SSSR count). The van der Waals surface area contributed by atoms with Crippen molar-refractivity contribution in [1.82, 2.24) is 5.32 Å². The van der Waals surface area contributed by atoms with Crippen LogP contribution in [0, 0.1) is 0 Å². The molecule has 1 N–H and O–H groups in total. The molecule has 0 bridgehead atoms. The highest BCUT2D eigenvalue weighted by atomic mass is 79.9. The summed E-state index contributed by atoms with van der Waals surface area (Å²) in [4.78, 5) is 0. The summed E-state index contributed by atoms with van der Waals surface area (Å²) in [6.45, 7) is 1.11. The summed E-state index contributed by atoms with van der Waals surface area (Å²) in [6, 6.07) is 21.9. The summed E-state index contributed by atoms with van der Waals surface area (Å²) in [5, 5.41) is 3.65. The van der Waals surface area contributed by atoms with Crippen LogP contribution in [-0.2, 0) is 4.32 Å². The lowest BCUT2D eigenvalue weighted by molar-refractivity contribution is 0.511. The Bertz CT molecular complexity index is 482. The van der Waals surface area contributed by atoms with E-state index in [1.807, 2.05) is 0 Å². The van der Waals surface area contributed by atoms with E-state index in [-0.39, 0.29) is 21.3 Å². The highest BCUT2D eigenvalue weighted by molar-refractivity contribution is 9.09. The molecule has 0 radical (unpaired) electrons. The van der Waals surface area contributed by atoms with Gasteiger partial charge in [-0.3, -0.25) is 0 Å². The molecule has 0 aliphatic carbocycles. The van der Waals surface area contributed by atoms with Crippen LogP contribution in [0.25, 0.3) is 0 Å². The number of halogens is 2. The molecule has 1 heterocycles. The molecule has 0 amide bonds. The molecule has 3 heteroatoms. The summed E-state index contributed by atoms with van der Waals surface area (Å²) < 4.78 is -0.133. The van der Waals surface area contributed by atoms with Crippen molar-refractivity contribution >= 4 is 32.9 Å². The van der Waals surface area contributed by atoms with Crippen molar-refractivity contribution < 1.29 is 0 Å². The zero-order valence-electron chi connectivity index (χ0n) is 11.3. The second-order valence-electron chi connectivity index (χ2n) is 5.09. The Labute approximate surface area is 139 Å². The Balaban J connectivity index is 0.00000147. The number of rotatable bonds is 3. The SMILES string of the molecule is Br.BrC(c1ccccc1)(c1ccccc1)[C@@H]1CCCN1. The van der Waals surface area contributed by atoms with E-state index in [9.17, 15) is 0 Å². The number of benzene rings is 2. The van der Waals surface area contributed by atoms with Gasteiger partial charge < -0.3 is 5.32 Å². The molecule has 1 atom stereocenters. The van der Waals surface area contributed by atoms with E-state index in [4.69, 9.17) is 0 Å². The van der Waals surface area contributed by atoms with Crippen LogP contribution >= 0.6 is 32.9 Å². The second-order valence-corrected chi connectivity index (χ2v) is 6.34. The summed E-state index contributed by atoms with van der Waals surface area (Å²) in [7, 11) is 0. The summed E-state index contributed by atoms with van der Waals surface area (Å²) in [5.41, 5.74) is 2.64. The van der Waals surface area contributed by atoms with Crippen LogP contribution in [0.1, 0.15) is 24.0 Å². The molecule has 2 aromatic rings. The summed E-state index contributed by atoms with van der Waals surface area (Å²) in [5.74, 6) is 0. The molecular weight excluding hydrogens is 378 g/mol. The topological polar surface area (TPSA) is 12.0 Å². The van der Waals surface area contributed by atoms with Gasteiger partial charge in [-0.15, -0.1) is 17.0 Å². The van der Waals surface area contributed by atoms with Crippen LogP contribution in [0.15, 0.2) is 60.7 Å². The van der Waals surface area contributed by atoms with Gasteiger partial charge in [0.1, 0.15) is 0 Å². The average Bonchev–Trinajstić information content (AvgIpc) is 3.03. The summed E-state index contributed by atoms with van der Waals surface area (Å²) >= 11 is 4.07. The number of alkyl halides is 1. The molecule has 1 aliphatic rings. The Hall–Kier alpha value is -0.640. The van der Waals surface area contributed by atoms with Gasteiger partial charge in [0.2, 0.25) is 0 Å². The quantitative estimate of drug-likeness (QED) is 0.744. The van der Waals surface area contributed by atoms with Gasteiger partial charge in [0.05, 0.1) is 4.32 Å². The van der Waals surface area contributed by atoms with E-state index in [1.54, 1.807) is 0 Å². The minimum absolute atomic E-state index is 0. The van der Waals surface area contributed by atoms with Crippen LogP contribution in [0.3, 0.4) is 0 Å². The van der Waals surface area contributed by atoms with Crippen molar-refractivity contribution in [3.8, 4) is 0 Å². The van der Waals surface area contributed by atoms with Gasteiger partial charge in [0.15, 0.2) is 0 Å². The molecule has 0 aromatic heterocycles. The van der Waals surface area contributed by atoms with E-state index >= 15 is 0 Å². The molecule has 20 heavy (non-hydrogen) atoms. The first kappa shape index (κ1) is 15.7. The molecule has 1 nitrogen and oxygen atoms in total. The van der Waals surface area contributed by atoms with Crippen LogP contribution in [0.4, 0.5) is 0 Å². The third kappa shape index (κ3) is 2.85. The third-order valence-corrected chi connectivity index (χ3v) is 5.40. The smallest absolute Gasteiger partial charge is 0.0907 e. The van der Waals surface area contributed by atoms with E-state index in [1.165, 1.54) is 24.0 Å². The highest BCUT2D eigenvalue weighted by Crippen LogP contribution is 2.44. The van der Waals surface area contributed by atoms with Gasteiger partial charge in [-0.2, -0.15) is 0 Å². The van der Waals surface area contributed by atoms with Gasteiger partial charge in [-0.05, 0) is 30.5 Å². The zero-order chi connectivity index (χ0) is 13.1. The first-order valence-electron chi connectivity index (χ1n) is 6.85. The Kier molecular flexibility index (Phi) is 5.42. The largest absolute Gasteiger partial charge is 0.312 e. The normalized spacial score (nSPS) is 18.6. The van der Waals surface area contributed by atoms with Gasteiger partial charge in [0, 0.05) is 6.04 Å². The molecule has 0 unspecified atom stereocenters. The van der Waals surface area contributed by atoms with Crippen molar-refractivity contribution in [2.45, 2.75) is 23.2 Å². The minimum atomic E-state index is -0.133. The summed E-state index contributed by atoms with van der Waals surface area (Å²) in [6.07, 6.45) is 2.45. The van der Waals surface area contributed by atoms with Crippen molar-refractivity contribution in [2.24, 2.45) is 0 Å². The van der Waals surface area contributed by atoms with E-state index in [2.05, 4.69) is 81.9 Å². The molecule has 1 fully saturated rings. The van der Waals surface area contributed by atoms with E-state index in [0.717, 1.165) is 6.54 Å². The van der Waals surface area contributed by atoms with Crippen LogP contribution in [0.2, 0.25) is 0 Å². The van der Waals surface area contributed by atoms with E-state index < -0.39 is 0 Å². The van der Waals surface area contributed by atoms with Crippen molar-refractivity contribution in [3.63, 3.8) is 0 Å². The monoisotopic (exact) mass is 395 g/mol. The lowest BCUT2D eigenvalue weighted by atomic mass is 9.84. The number of hydrogen-bond acceptors (Lipinski definition) is 1. The molecule has 1 aliphatic heterocycles.